The number of amides is 1. The Morgan fingerprint density at radius 3 is 2.52 bits per heavy atom. The number of benzene rings is 3. The third kappa shape index (κ3) is 4.81. The van der Waals surface area contributed by atoms with Gasteiger partial charge >= 0.3 is 5.69 Å². The molecular formula is C21H19N3O5. The van der Waals surface area contributed by atoms with Crippen LogP contribution >= 0.6 is 0 Å². The molecule has 0 heterocycles. The number of carbonyl (C=O) groups excluding carboxylic acids is 1. The molecule has 8 heteroatoms. The van der Waals surface area contributed by atoms with Gasteiger partial charge in [0.1, 0.15) is 5.75 Å². The second-order valence-corrected chi connectivity index (χ2v) is 6.17. The fourth-order valence-corrected chi connectivity index (χ4v) is 2.74. The van der Waals surface area contributed by atoms with Crippen LogP contribution in [-0.4, -0.2) is 23.0 Å². The van der Waals surface area contributed by atoms with Gasteiger partial charge in [-0.05, 0) is 42.0 Å². The summed E-state index contributed by atoms with van der Waals surface area (Å²) in [4.78, 5) is 22.7. The lowest BCUT2D eigenvalue weighted by Gasteiger charge is -2.13. The van der Waals surface area contributed by atoms with Crippen LogP contribution in [0.5, 0.6) is 11.5 Å². The lowest BCUT2D eigenvalue weighted by molar-refractivity contribution is -0.385. The van der Waals surface area contributed by atoms with E-state index >= 15 is 0 Å². The molecule has 3 N–H and O–H groups in total. The number of para-hydroxylation sites is 1. The Kier molecular flexibility index (Phi) is 5.94. The summed E-state index contributed by atoms with van der Waals surface area (Å²) in [5.41, 5.74) is 1.97. The number of carbonyl (C=O) groups is 1. The number of hydrogen-bond acceptors (Lipinski definition) is 6. The van der Waals surface area contributed by atoms with Crippen molar-refractivity contribution in [3.63, 3.8) is 0 Å². The predicted molar refractivity (Wildman–Crippen MR) is 109 cm³/mol. The van der Waals surface area contributed by atoms with Crippen LogP contribution in [0.2, 0.25) is 0 Å². The van der Waals surface area contributed by atoms with Crippen molar-refractivity contribution in [1.29, 1.82) is 0 Å². The van der Waals surface area contributed by atoms with E-state index in [4.69, 9.17) is 4.74 Å². The summed E-state index contributed by atoms with van der Waals surface area (Å²) in [6.07, 6.45) is 0. The molecule has 29 heavy (non-hydrogen) atoms. The van der Waals surface area contributed by atoms with E-state index in [-0.39, 0.29) is 18.1 Å². The Morgan fingerprint density at radius 1 is 1.10 bits per heavy atom. The molecule has 0 saturated heterocycles. The summed E-state index contributed by atoms with van der Waals surface area (Å²) >= 11 is 0. The van der Waals surface area contributed by atoms with E-state index in [1.807, 2.05) is 18.2 Å². The zero-order valence-electron chi connectivity index (χ0n) is 15.6. The third-order valence-corrected chi connectivity index (χ3v) is 4.21. The fraction of sp³-hybridized carbons (Fsp3) is 0.0952. The van der Waals surface area contributed by atoms with Crippen molar-refractivity contribution in [2.45, 2.75) is 6.54 Å². The molecule has 0 bridgehead atoms. The maximum Gasteiger partial charge on any atom is 0.310 e. The smallest absolute Gasteiger partial charge is 0.310 e. The number of aromatic hydroxyl groups is 1. The largest absolute Gasteiger partial charge is 0.502 e. The van der Waals surface area contributed by atoms with E-state index < -0.39 is 10.7 Å². The number of phenolic OH excluding ortho intramolecular Hbond substituents is 1. The predicted octanol–water partition coefficient (Wildman–Crippen LogP) is 4.17. The maximum absolute atomic E-state index is 12.5. The van der Waals surface area contributed by atoms with Gasteiger partial charge in [-0.25, -0.2) is 0 Å². The number of anilines is 2. The number of nitrogens with zero attached hydrogens (tertiary/aromatic N) is 1. The lowest BCUT2D eigenvalue weighted by Crippen LogP contribution is -2.12. The standard InChI is InChI=1S/C21H19N3O5/c1-29-20-10-8-15(21(26)23-16-5-3-2-4-6-16)12-17(20)22-13-14-7-9-18(24(27)28)19(25)11-14/h2-12,22,25H,13H2,1H3,(H,23,26). The van der Waals surface area contributed by atoms with Gasteiger partial charge < -0.3 is 20.5 Å². The van der Waals surface area contributed by atoms with Crippen LogP contribution in [0.25, 0.3) is 0 Å². The molecule has 8 nitrogen and oxygen atoms in total. The van der Waals surface area contributed by atoms with E-state index in [2.05, 4.69) is 10.6 Å². The second kappa shape index (κ2) is 8.75. The van der Waals surface area contributed by atoms with Crippen molar-refractivity contribution in [2.75, 3.05) is 17.7 Å². The van der Waals surface area contributed by atoms with E-state index in [1.165, 1.54) is 19.2 Å². The Balaban J connectivity index is 1.76. The quantitative estimate of drug-likeness (QED) is 0.410. The Hall–Kier alpha value is -4.07. The highest BCUT2D eigenvalue weighted by Gasteiger charge is 2.14. The average Bonchev–Trinajstić information content (AvgIpc) is 2.72. The molecule has 0 aromatic heterocycles. The lowest BCUT2D eigenvalue weighted by atomic mass is 10.1. The molecule has 0 aliphatic carbocycles. The SMILES string of the molecule is COc1ccc(C(=O)Nc2ccccc2)cc1NCc1ccc([N+](=O)[O-])c(O)c1. The molecule has 0 unspecified atom stereocenters. The summed E-state index contributed by atoms with van der Waals surface area (Å²) in [7, 11) is 1.52. The Morgan fingerprint density at radius 2 is 1.86 bits per heavy atom. The molecule has 0 saturated carbocycles. The van der Waals surface area contributed by atoms with E-state index in [0.717, 1.165) is 0 Å². The van der Waals surface area contributed by atoms with E-state index in [9.17, 15) is 20.0 Å². The van der Waals surface area contributed by atoms with E-state index in [0.29, 0.717) is 28.3 Å². The van der Waals surface area contributed by atoms with Gasteiger partial charge in [-0.1, -0.05) is 24.3 Å². The highest BCUT2D eigenvalue weighted by Crippen LogP contribution is 2.29. The highest BCUT2D eigenvalue weighted by molar-refractivity contribution is 6.05. The first-order chi connectivity index (χ1) is 14.0. The normalized spacial score (nSPS) is 10.2. The van der Waals surface area contributed by atoms with Gasteiger partial charge in [0, 0.05) is 23.9 Å². The number of ether oxygens (including phenoxy) is 1. The van der Waals surface area contributed by atoms with E-state index in [1.54, 1.807) is 36.4 Å². The zero-order chi connectivity index (χ0) is 20.8. The number of rotatable bonds is 7. The van der Waals surface area contributed by atoms with Gasteiger partial charge in [0.15, 0.2) is 5.75 Å². The first-order valence-electron chi connectivity index (χ1n) is 8.72. The number of phenols is 1. The summed E-state index contributed by atoms with van der Waals surface area (Å²) < 4.78 is 5.33. The molecule has 148 valence electrons. The number of methoxy groups -OCH3 is 1. The van der Waals surface area contributed by atoms with Crippen molar-refractivity contribution >= 4 is 23.0 Å². The van der Waals surface area contributed by atoms with Crippen molar-refractivity contribution in [1.82, 2.24) is 0 Å². The van der Waals surface area contributed by atoms with Crippen LogP contribution in [0.1, 0.15) is 15.9 Å². The Labute approximate surface area is 166 Å². The molecule has 3 rings (SSSR count). The third-order valence-electron chi connectivity index (χ3n) is 4.21. The monoisotopic (exact) mass is 393 g/mol. The summed E-state index contributed by atoms with van der Waals surface area (Å²) in [6.45, 7) is 0.270. The molecule has 3 aromatic carbocycles. The number of nitro groups is 1. The van der Waals surface area contributed by atoms with Gasteiger partial charge in [0.2, 0.25) is 0 Å². The minimum Gasteiger partial charge on any atom is -0.502 e. The van der Waals surface area contributed by atoms with Crippen LogP contribution in [0.4, 0.5) is 17.1 Å². The average molecular weight is 393 g/mol. The van der Waals surface area contributed by atoms with Crippen LogP contribution in [0, 0.1) is 10.1 Å². The summed E-state index contributed by atoms with van der Waals surface area (Å²) in [5.74, 6) is -0.139. The van der Waals surface area contributed by atoms with Gasteiger partial charge in [-0.15, -0.1) is 0 Å². The minimum absolute atomic E-state index is 0.269. The first-order valence-corrected chi connectivity index (χ1v) is 8.72. The van der Waals surface area contributed by atoms with Crippen LogP contribution in [-0.2, 0) is 6.54 Å². The molecule has 0 radical (unpaired) electrons. The van der Waals surface area contributed by atoms with Crippen LogP contribution < -0.4 is 15.4 Å². The molecule has 0 aliphatic rings. The first kappa shape index (κ1) is 19.7. The summed E-state index contributed by atoms with van der Waals surface area (Å²) in [5, 5.41) is 26.5. The number of hydrogen-bond donors (Lipinski definition) is 3. The van der Waals surface area contributed by atoms with Gasteiger partial charge in [0.25, 0.3) is 5.91 Å². The molecule has 0 aliphatic heterocycles. The number of nitrogens with one attached hydrogen (secondary N) is 2. The van der Waals surface area contributed by atoms with Crippen molar-refractivity contribution in [3.8, 4) is 11.5 Å². The van der Waals surface area contributed by atoms with Crippen LogP contribution in [0.3, 0.4) is 0 Å². The molecular weight excluding hydrogens is 374 g/mol. The van der Waals surface area contributed by atoms with Crippen LogP contribution in [0.15, 0.2) is 66.7 Å². The zero-order valence-corrected chi connectivity index (χ0v) is 15.6. The second-order valence-electron chi connectivity index (χ2n) is 6.17. The molecule has 0 spiro atoms. The fourth-order valence-electron chi connectivity index (χ4n) is 2.74. The maximum atomic E-state index is 12.5. The van der Waals surface area contributed by atoms with Crippen molar-refractivity contribution in [2.24, 2.45) is 0 Å². The van der Waals surface area contributed by atoms with Gasteiger partial charge in [-0.2, -0.15) is 0 Å². The molecule has 3 aromatic rings. The molecule has 0 atom stereocenters. The highest BCUT2D eigenvalue weighted by atomic mass is 16.6. The number of nitro benzene ring substituents is 1. The summed E-state index contributed by atoms with van der Waals surface area (Å²) in [6, 6.07) is 18.2. The van der Waals surface area contributed by atoms with Gasteiger partial charge in [-0.3, -0.25) is 14.9 Å². The topological polar surface area (TPSA) is 114 Å². The van der Waals surface area contributed by atoms with Crippen molar-refractivity contribution < 1.29 is 19.6 Å². The Bertz CT molecular complexity index is 1040. The van der Waals surface area contributed by atoms with Crippen molar-refractivity contribution in [3.05, 3.63) is 88.0 Å². The molecule has 1 amide bonds. The van der Waals surface area contributed by atoms with Gasteiger partial charge in [0.05, 0.1) is 17.7 Å². The molecule has 0 fully saturated rings. The minimum atomic E-state index is -0.648.